The van der Waals surface area contributed by atoms with Gasteiger partial charge in [0.05, 0.1) is 0 Å². The fraction of sp³-hybridized carbons (Fsp3) is 0.900. The Labute approximate surface area is 129 Å². The van der Waals surface area contributed by atoms with Crippen molar-refractivity contribution >= 4 is 0 Å². The minimum Gasteiger partial charge on any atom is -0.100 e. The highest BCUT2D eigenvalue weighted by molar-refractivity contribution is 4.96. The van der Waals surface area contributed by atoms with Crippen molar-refractivity contribution < 1.29 is 0 Å². The van der Waals surface area contributed by atoms with Gasteiger partial charge in [-0.05, 0) is 54.3 Å². The van der Waals surface area contributed by atoms with Crippen LogP contribution in [-0.4, -0.2) is 0 Å². The average molecular weight is 281 g/mol. The Bertz CT molecular complexity index is 320. The van der Waals surface area contributed by atoms with Gasteiger partial charge in [-0.3, -0.25) is 0 Å². The fourth-order valence-corrected chi connectivity index (χ4v) is 5.03. The summed E-state index contributed by atoms with van der Waals surface area (Å²) in [4.78, 5) is 0. The highest BCUT2D eigenvalue weighted by Crippen LogP contribution is 2.47. The number of rotatable bonds is 7. The van der Waals surface area contributed by atoms with E-state index in [1.54, 1.807) is 0 Å². The summed E-state index contributed by atoms with van der Waals surface area (Å²) < 4.78 is 0. The molecule has 0 unspecified atom stereocenters. The summed E-state index contributed by atoms with van der Waals surface area (Å²) in [5.74, 6) is 0. The lowest BCUT2D eigenvalue weighted by Gasteiger charge is -2.42. The van der Waals surface area contributed by atoms with Crippen LogP contribution in [0.1, 0.15) is 94.9 Å². The maximum Gasteiger partial charge on any atom is -0.0274 e. The lowest BCUT2D eigenvalue weighted by Crippen LogP contribution is -2.31. The molecule has 0 heteroatoms. The molecule has 0 nitrogen and oxygen atoms in total. The molecule has 0 amide bonds. The second-order valence-corrected chi connectivity index (χ2v) is 10.7. The Hall–Kier alpha value is -0.260. The van der Waals surface area contributed by atoms with E-state index in [-0.39, 0.29) is 0 Å². The van der Waals surface area contributed by atoms with E-state index in [0.717, 1.165) is 6.42 Å². The standard InChI is InChI=1S/C20H40/c1-16(2)12-18(6,7)14-20(10,11)15-19(8,9)13-17(3,4)5/h1,12-15H2,2-11H3. The van der Waals surface area contributed by atoms with Gasteiger partial charge in [0, 0.05) is 0 Å². The van der Waals surface area contributed by atoms with Crippen LogP contribution in [0.15, 0.2) is 12.2 Å². The molecule has 0 saturated heterocycles. The van der Waals surface area contributed by atoms with Gasteiger partial charge in [0.1, 0.15) is 0 Å². The summed E-state index contributed by atoms with van der Waals surface area (Å²) >= 11 is 0. The largest absolute Gasteiger partial charge is 0.100 e. The molecule has 0 aromatic carbocycles. The van der Waals surface area contributed by atoms with E-state index < -0.39 is 0 Å². The molecule has 0 aliphatic carbocycles. The molecule has 0 N–H and O–H groups in total. The van der Waals surface area contributed by atoms with Gasteiger partial charge in [-0.15, -0.1) is 6.58 Å². The van der Waals surface area contributed by atoms with Crippen molar-refractivity contribution in [2.75, 3.05) is 0 Å². The summed E-state index contributed by atoms with van der Waals surface area (Å²) in [6, 6.07) is 0. The Kier molecular flexibility index (Phi) is 6.16. The van der Waals surface area contributed by atoms with Crippen molar-refractivity contribution in [2.24, 2.45) is 21.7 Å². The molecule has 0 aromatic heterocycles. The highest BCUT2D eigenvalue weighted by Gasteiger charge is 2.35. The SMILES string of the molecule is C=C(C)CC(C)(C)CC(C)(C)CC(C)(C)CC(C)(C)C. The van der Waals surface area contributed by atoms with E-state index in [9.17, 15) is 0 Å². The van der Waals surface area contributed by atoms with E-state index >= 15 is 0 Å². The fourth-order valence-electron chi connectivity index (χ4n) is 5.03. The van der Waals surface area contributed by atoms with Crippen LogP contribution in [0.3, 0.4) is 0 Å². The number of hydrogen-bond donors (Lipinski definition) is 0. The maximum atomic E-state index is 4.09. The number of allylic oxidation sites excluding steroid dienone is 1. The van der Waals surface area contributed by atoms with E-state index in [0.29, 0.717) is 21.7 Å². The number of hydrogen-bond acceptors (Lipinski definition) is 0. The molecule has 0 rings (SSSR count). The maximum absolute atomic E-state index is 4.09. The van der Waals surface area contributed by atoms with Gasteiger partial charge in [0.25, 0.3) is 0 Å². The third kappa shape index (κ3) is 9.61. The Morgan fingerprint density at radius 1 is 0.650 bits per heavy atom. The zero-order valence-electron chi connectivity index (χ0n) is 16.0. The lowest BCUT2D eigenvalue weighted by molar-refractivity contribution is 0.0943. The summed E-state index contributed by atoms with van der Waals surface area (Å²) in [6.45, 7) is 27.8. The Balaban J connectivity index is 4.77. The lowest BCUT2D eigenvalue weighted by atomic mass is 9.63. The van der Waals surface area contributed by atoms with Crippen LogP contribution in [-0.2, 0) is 0 Å². The first-order valence-corrected chi connectivity index (χ1v) is 8.18. The third-order valence-electron chi connectivity index (χ3n) is 3.70. The minimum absolute atomic E-state index is 0.354. The predicted octanol–water partition coefficient (Wildman–Crippen LogP) is 7.25. The summed E-state index contributed by atoms with van der Waals surface area (Å²) in [5.41, 5.74) is 2.86. The predicted molar refractivity (Wildman–Crippen MR) is 94.1 cm³/mol. The van der Waals surface area contributed by atoms with Crippen molar-refractivity contribution in [1.29, 1.82) is 0 Å². The molecule has 0 aromatic rings. The highest BCUT2D eigenvalue weighted by atomic mass is 14.4. The van der Waals surface area contributed by atoms with Gasteiger partial charge >= 0.3 is 0 Å². The van der Waals surface area contributed by atoms with Crippen molar-refractivity contribution in [3.63, 3.8) is 0 Å². The summed E-state index contributed by atoms with van der Waals surface area (Å²) in [5, 5.41) is 0. The van der Waals surface area contributed by atoms with E-state index in [4.69, 9.17) is 0 Å². The van der Waals surface area contributed by atoms with Gasteiger partial charge < -0.3 is 0 Å². The first-order valence-electron chi connectivity index (χ1n) is 8.18. The molecule has 0 aliphatic rings. The normalized spacial score (nSPS) is 14.5. The molecular weight excluding hydrogens is 240 g/mol. The Morgan fingerprint density at radius 2 is 1.00 bits per heavy atom. The molecule has 0 radical (unpaired) electrons. The molecule has 0 atom stereocenters. The second kappa shape index (κ2) is 6.24. The smallest absolute Gasteiger partial charge is 0.0274 e. The minimum atomic E-state index is 0.354. The monoisotopic (exact) mass is 280 g/mol. The van der Waals surface area contributed by atoms with Gasteiger partial charge in [0.15, 0.2) is 0 Å². The van der Waals surface area contributed by atoms with Crippen LogP contribution >= 0.6 is 0 Å². The van der Waals surface area contributed by atoms with E-state index in [1.807, 2.05) is 0 Å². The first-order chi connectivity index (χ1) is 8.54. The molecule has 0 aliphatic heterocycles. The van der Waals surface area contributed by atoms with Gasteiger partial charge in [-0.2, -0.15) is 0 Å². The average Bonchev–Trinajstić information content (AvgIpc) is 1.86. The van der Waals surface area contributed by atoms with Crippen LogP contribution in [0.4, 0.5) is 0 Å². The van der Waals surface area contributed by atoms with Crippen LogP contribution < -0.4 is 0 Å². The second-order valence-electron chi connectivity index (χ2n) is 10.7. The van der Waals surface area contributed by atoms with Crippen molar-refractivity contribution in [3.8, 4) is 0 Å². The van der Waals surface area contributed by atoms with Gasteiger partial charge in [-0.1, -0.05) is 67.9 Å². The summed E-state index contributed by atoms with van der Waals surface area (Å²) in [7, 11) is 0. The quantitative estimate of drug-likeness (QED) is 0.431. The van der Waals surface area contributed by atoms with E-state index in [2.05, 4.69) is 75.8 Å². The van der Waals surface area contributed by atoms with Crippen LogP contribution in [0.5, 0.6) is 0 Å². The van der Waals surface area contributed by atoms with Gasteiger partial charge in [0.2, 0.25) is 0 Å². The van der Waals surface area contributed by atoms with Crippen LogP contribution in [0, 0.1) is 21.7 Å². The Morgan fingerprint density at radius 3 is 1.35 bits per heavy atom. The topological polar surface area (TPSA) is 0 Å². The van der Waals surface area contributed by atoms with E-state index in [1.165, 1.54) is 24.8 Å². The molecule has 120 valence electrons. The first kappa shape index (κ1) is 19.7. The van der Waals surface area contributed by atoms with Crippen molar-refractivity contribution in [1.82, 2.24) is 0 Å². The van der Waals surface area contributed by atoms with Gasteiger partial charge in [-0.25, -0.2) is 0 Å². The zero-order valence-corrected chi connectivity index (χ0v) is 16.0. The zero-order chi connectivity index (χ0) is 16.4. The van der Waals surface area contributed by atoms with Crippen molar-refractivity contribution in [2.45, 2.75) is 94.9 Å². The van der Waals surface area contributed by atoms with Crippen LogP contribution in [0.2, 0.25) is 0 Å². The summed E-state index contributed by atoms with van der Waals surface area (Å²) in [6.07, 6.45) is 4.97. The molecule has 0 saturated carbocycles. The molecule has 0 fully saturated rings. The van der Waals surface area contributed by atoms with Crippen LogP contribution in [0.25, 0.3) is 0 Å². The molecular formula is C20H40. The molecule has 0 bridgehead atoms. The molecule has 20 heavy (non-hydrogen) atoms. The molecule has 0 spiro atoms. The van der Waals surface area contributed by atoms with Crippen molar-refractivity contribution in [3.05, 3.63) is 12.2 Å². The third-order valence-corrected chi connectivity index (χ3v) is 3.70. The molecule has 0 heterocycles.